The van der Waals surface area contributed by atoms with Crippen LogP contribution in [0.25, 0.3) is 11.1 Å². The molecule has 2 N–H and O–H groups in total. The van der Waals surface area contributed by atoms with Crippen LogP contribution in [0.2, 0.25) is 10.0 Å². The molecule has 0 saturated heterocycles. The highest BCUT2D eigenvalue weighted by molar-refractivity contribution is 6.36. The van der Waals surface area contributed by atoms with E-state index >= 15 is 0 Å². The van der Waals surface area contributed by atoms with Crippen molar-refractivity contribution in [2.45, 2.75) is 38.1 Å². The van der Waals surface area contributed by atoms with Gasteiger partial charge in [-0.05, 0) is 74.0 Å². The lowest BCUT2D eigenvalue weighted by atomic mass is 9.54. The SMILES string of the molecule is O=C(NC1C2CC3CC(C2)CC1C3)c1cc(-c2ccc(Cl)cc2Cl)c[nH]1. The zero-order valence-electron chi connectivity index (χ0n) is 14.5. The monoisotopic (exact) mass is 388 g/mol. The van der Waals surface area contributed by atoms with Crippen molar-refractivity contribution in [3.05, 3.63) is 46.2 Å². The molecule has 5 heteroatoms. The van der Waals surface area contributed by atoms with Gasteiger partial charge in [-0.1, -0.05) is 29.3 Å². The summed E-state index contributed by atoms with van der Waals surface area (Å²) in [6, 6.07) is 7.64. The molecular weight excluding hydrogens is 367 g/mol. The van der Waals surface area contributed by atoms with Gasteiger partial charge in [0.1, 0.15) is 5.69 Å². The molecule has 0 spiro atoms. The van der Waals surface area contributed by atoms with E-state index in [4.69, 9.17) is 23.2 Å². The highest BCUT2D eigenvalue weighted by Crippen LogP contribution is 2.53. The third kappa shape index (κ3) is 2.86. The van der Waals surface area contributed by atoms with Crippen LogP contribution in [-0.4, -0.2) is 16.9 Å². The Morgan fingerprint density at radius 1 is 1.00 bits per heavy atom. The lowest BCUT2D eigenvalue weighted by Crippen LogP contribution is -2.55. The van der Waals surface area contributed by atoms with Crippen molar-refractivity contribution in [2.75, 3.05) is 0 Å². The van der Waals surface area contributed by atoms with Crippen molar-refractivity contribution in [1.82, 2.24) is 10.3 Å². The molecule has 4 aliphatic rings. The van der Waals surface area contributed by atoms with E-state index in [2.05, 4.69) is 10.3 Å². The van der Waals surface area contributed by atoms with Crippen molar-refractivity contribution in [1.29, 1.82) is 0 Å². The Balaban J connectivity index is 1.33. The van der Waals surface area contributed by atoms with Gasteiger partial charge in [-0.2, -0.15) is 0 Å². The van der Waals surface area contributed by atoms with E-state index in [9.17, 15) is 4.79 Å². The second-order valence-corrected chi connectivity index (χ2v) is 9.20. The molecule has 4 bridgehead atoms. The van der Waals surface area contributed by atoms with E-state index < -0.39 is 0 Å². The molecule has 1 aromatic heterocycles. The largest absolute Gasteiger partial charge is 0.357 e. The zero-order valence-corrected chi connectivity index (χ0v) is 16.0. The summed E-state index contributed by atoms with van der Waals surface area (Å²) in [5.41, 5.74) is 2.38. The average Bonchev–Trinajstić information content (AvgIpc) is 3.07. The zero-order chi connectivity index (χ0) is 17.8. The van der Waals surface area contributed by atoms with Gasteiger partial charge in [0.25, 0.3) is 5.91 Å². The van der Waals surface area contributed by atoms with Crippen molar-refractivity contribution in [3.8, 4) is 11.1 Å². The summed E-state index contributed by atoms with van der Waals surface area (Å²) in [6.45, 7) is 0. The molecule has 0 aliphatic heterocycles. The summed E-state index contributed by atoms with van der Waals surface area (Å²) in [5, 5.41) is 4.54. The second kappa shape index (κ2) is 6.31. The maximum absolute atomic E-state index is 12.8. The summed E-state index contributed by atoms with van der Waals surface area (Å²) in [4.78, 5) is 15.9. The first kappa shape index (κ1) is 16.7. The average molecular weight is 389 g/mol. The molecule has 4 saturated carbocycles. The summed E-state index contributed by atoms with van der Waals surface area (Å²) in [7, 11) is 0. The van der Waals surface area contributed by atoms with Gasteiger partial charge in [-0.25, -0.2) is 0 Å². The van der Waals surface area contributed by atoms with E-state index in [1.807, 2.05) is 24.4 Å². The predicted molar refractivity (Wildman–Crippen MR) is 105 cm³/mol. The number of rotatable bonds is 3. The number of nitrogens with one attached hydrogen (secondary N) is 2. The molecule has 136 valence electrons. The van der Waals surface area contributed by atoms with Crippen LogP contribution in [0, 0.1) is 23.7 Å². The normalized spacial score (nSPS) is 32.0. The number of H-pyrrole nitrogens is 1. The maximum atomic E-state index is 12.8. The molecule has 4 aliphatic carbocycles. The van der Waals surface area contributed by atoms with Crippen LogP contribution in [0.1, 0.15) is 42.6 Å². The fourth-order valence-corrected chi connectivity index (χ4v) is 6.31. The van der Waals surface area contributed by atoms with Gasteiger partial charge in [0, 0.05) is 33.4 Å². The van der Waals surface area contributed by atoms with E-state index in [1.165, 1.54) is 32.1 Å². The van der Waals surface area contributed by atoms with Crippen molar-refractivity contribution in [3.63, 3.8) is 0 Å². The van der Waals surface area contributed by atoms with Crippen LogP contribution >= 0.6 is 23.2 Å². The quantitative estimate of drug-likeness (QED) is 0.711. The van der Waals surface area contributed by atoms with Crippen molar-refractivity contribution < 1.29 is 4.79 Å². The minimum absolute atomic E-state index is 0.00110. The molecule has 1 aromatic carbocycles. The topological polar surface area (TPSA) is 44.9 Å². The summed E-state index contributed by atoms with van der Waals surface area (Å²) in [6.07, 6.45) is 8.46. The number of aromatic nitrogens is 1. The summed E-state index contributed by atoms with van der Waals surface area (Å²) < 4.78 is 0. The Bertz CT molecular complexity index is 831. The molecule has 0 radical (unpaired) electrons. The third-order valence-electron chi connectivity index (χ3n) is 6.69. The molecule has 1 heterocycles. The minimum Gasteiger partial charge on any atom is -0.357 e. The third-order valence-corrected chi connectivity index (χ3v) is 7.24. The predicted octanol–water partition coefficient (Wildman–Crippen LogP) is 5.54. The highest BCUT2D eigenvalue weighted by Gasteiger charge is 2.48. The van der Waals surface area contributed by atoms with Crippen molar-refractivity contribution in [2.24, 2.45) is 23.7 Å². The molecular formula is C21H22Cl2N2O. The van der Waals surface area contributed by atoms with E-state index in [0.717, 1.165) is 23.0 Å². The molecule has 4 fully saturated rings. The molecule has 2 aromatic rings. The first-order valence-electron chi connectivity index (χ1n) is 9.51. The van der Waals surface area contributed by atoms with E-state index in [0.29, 0.717) is 33.6 Å². The van der Waals surface area contributed by atoms with Gasteiger partial charge >= 0.3 is 0 Å². The minimum atomic E-state index is -0.00110. The van der Waals surface area contributed by atoms with Crippen molar-refractivity contribution >= 4 is 29.1 Å². The molecule has 0 atom stereocenters. The van der Waals surface area contributed by atoms with Crippen LogP contribution in [0.4, 0.5) is 0 Å². The smallest absolute Gasteiger partial charge is 0.267 e. The number of aromatic amines is 1. The number of benzene rings is 1. The number of hydrogen-bond acceptors (Lipinski definition) is 1. The lowest BCUT2D eigenvalue weighted by Gasteiger charge is -2.54. The number of halogens is 2. The Morgan fingerprint density at radius 3 is 2.35 bits per heavy atom. The number of amides is 1. The van der Waals surface area contributed by atoms with Crippen LogP contribution in [0.5, 0.6) is 0 Å². The highest BCUT2D eigenvalue weighted by atomic mass is 35.5. The Kier molecular flexibility index (Phi) is 4.06. The fraction of sp³-hybridized carbons (Fsp3) is 0.476. The van der Waals surface area contributed by atoms with Crippen LogP contribution in [0.3, 0.4) is 0 Å². The van der Waals surface area contributed by atoms with E-state index in [-0.39, 0.29) is 5.91 Å². The fourth-order valence-electron chi connectivity index (χ4n) is 5.79. The maximum Gasteiger partial charge on any atom is 0.267 e. The number of carbonyl (C=O) groups is 1. The van der Waals surface area contributed by atoms with Gasteiger partial charge in [0.05, 0.1) is 0 Å². The van der Waals surface area contributed by atoms with Gasteiger partial charge in [-0.15, -0.1) is 0 Å². The first-order chi connectivity index (χ1) is 12.6. The van der Waals surface area contributed by atoms with Crippen LogP contribution in [-0.2, 0) is 0 Å². The number of carbonyl (C=O) groups excluding carboxylic acids is 1. The van der Waals surface area contributed by atoms with Gasteiger partial charge < -0.3 is 10.3 Å². The first-order valence-corrected chi connectivity index (χ1v) is 10.3. The Morgan fingerprint density at radius 2 is 1.69 bits per heavy atom. The molecule has 1 amide bonds. The van der Waals surface area contributed by atoms with Gasteiger partial charge in [0.15, 0.2) is 0 Å². The summed E-state index contributed by atoms with van der Waals surface area (Å²) in [5.74, 6) is 3.18. The standard InChI is InChI=1S/C21H22Cl2N2O/c22-16-1-2-17(18(23)9-16)15-8-19(24-10-15)21(26)25-20-13-4-11-3-12(6-13)7-14(20)5-11/h1-2,8-14,20,24H,3-7H2,(H,25,26). The lowest BCUT2D eigenvalue weighted by molar-refractivity contribution is -0.0120. The summed E-state index contributed by atoms with van der Waals surface area (Å²) >= 11 is 12.3. The number of hydrogen-bond donors (Lipinski definition) is 2. The van der Waals surface area contributed by atoms with E-state index in [1.54, 1.807) is 6.07 Å². The molecule has 6 rings (SSSR count). The second-order valence-electron chi connectivity index (χ2n) is 8.36. The van der Waals surface area contributed by atoms with Crippen LogP contribution in [0.15, 0.2) is 30.5 Å². The Hall–Kier alpha value is -1.45. The van der Waals surface area contributed by atoms with Gasteiger partial charge in [0.2, 0.25) is 0 Å². The molecule has 26 heavy (non-hydrogen) atoms. The molecule has 3 nitrogen and oxygen atoms in total. The molecule has 0 unspecified atom stereocenters. The Labute approximate surface area is 163 Å². The van der Waals surface area contributed by atoms with Crippen LogP contribution < -0.4 is 5.32 Å². The van der Waals surface area contributed by atoms with Gasteiger partial charge in [-0.3, -0.25) is 4.79 Å².